The quantitative estimate of drug-likeness (QED) is 0.144. The number of aliphatic imine (C=N–C) groups is 1. The van der Waals surface area contributed by atoms with Gasteiger partial charge in [0.1, 0.15) is 35.6 Å². The molecule has 3 heterocycles. The molecule has 1 saturated carbocycles. The highest BCUT2D eigenvalue weighted by atomic mass is 35.5. The van der Waals surface area contributed by atoms with E-state index in [0.29, 0.717) is 10.5 Å². The summed E-state index contributed by atoms with van der Waals surface area (Å²) < 4.78 is 44.4. The van der Waals surface area contributed by atoms with E-state index in [1.807, 2.05) is 0 Å². The number of nitrogens with one attached hydrogen (secondary N) is 1. The van der Waals surface area contributed by atoms with Gasteiger partial charge in [0.05, 0.1) is 20.0 Å². The molecule has 2 aliphatic rings. The van der Waals surface area contributed by atoms with E-state index in [1.165, 1.54) is 37.1 Å². The van der Waals surface area contributed by atoms with Gasteiger partial charge in [0.25, 0.3) is 0 Å². The molecular formula is C28H37ClN7O8P. The van der Waals surface area contributed by atoms with Crippen molar-refractivity contribution in [2.45, 2.75) is 82.1 Å². The van der Waals surface area contributed by atoms with Crippen molar-refractivity contribution in [3.05, 3.63) is 35.6 Å². The molecule has 1 saturated heterocycles. The van der Waals surface area contributed by atoms with Gasteiger partial charge in [-0.3, -0.25) is 18.9 Å². The first kappa shape index (κ1) is 33.0. The minimum atomic E-state index is -4.29. The fourth-order valence-corrected chi connectivity index (χ4v) is 7.03. The Hall–Kier alpha value is -3.33. The Kier molecular flexibility index (Phi) is 9.97. The van der Waals surface area contributed by atoms with Crippen LogP contribution in [0.4, 0.5) is 5.95 Å². The number of halogens is 1. The number of rotatable bonds is 12. The third-order valence-electron chi connectivity index (χ3n) is 7.94. The molecule has 1 aromatic carbocycles. The molecule has 1 aliphatic carbocycles. The van der Waals surface area contributed by atoms with Crippen molar-refractivity contribution < 1.29 is 37.7 Å². The molecule has 0 radical (unpaired) electrons. The van der Waals surface area contributed by atoms with Crippen LogP contribution in [0.2, 0.25) is 5.02 Å². The zero-order chi connectivity index (χ0) is 32.4. The maximum atomic E-state index is 14.1. The van der Waals surface area contributed by atoms with Gasteiger partial charge < -0.3 is 29.6 Å². The van der Waals surface area contributed by atoms with Crippen molar-refractivity contribution in [2.24, 2.45) is 4.99 Å². The molecule has 244 valence electrons. The van der Waals surface area contributed by atoms with Gasteiger partial charge in [0.15, 0.2) is 17.4 Å². The lowest BCUT2D eigenvalue weighted by Crippen LogP contribution is -2.43. The lowest BCUT2D eigenvalue weighted by atomic mass is 9.93. The van der Waals surface area contributed by atoms with E-state index in [9.17, 15) is 14.5 Å². The first-order valence-corrected chi connectivity index (χ1v) is 16.4. The van der Waals surface area contributed by atoms with Crippen molar-refractivity contribution in [3.63, 3.8) is 0 Å². The maximum absolute atomic E-state index is 14.1. The number of carbonyl (C=O) groups excluding carboxylic acids is 1. The highest BCUT2D eigenvalue weighted by molar-refractivity contribution is 7.52. The van der Waals surface area contributed by atoms with Crippen LogP contribution in [0.3, 0.4) is 0 Å². The number of ether oxygens (including phenoxy) is 3. The highest BCUT2D eigenvalue weighted by Crippen LogP contribution is 2.48. The van der Waals surface area contributed by atoms with E-state index in [-0.39, 0.29) is 29.3 Å². The van der Waals surface area contributed by atoms with Crippen LogP contribution in [-0.2, 0) is 23.4 Å². The number of carbonyl (C=O) groups is 1. The maximum Gasteiger partial charge on any atom is 0.459 e. The third kappa shape index (κ3) is 7.08. The molecule has 0 amide bonds. The van der Waals surface area contributed by atoms with Crippen LogP contribution in [0.25, 0.3) is 11.2 Å². The molecule has 0 bridgehead atoms. The fourth-order valence-electron chi connectivity index (χ4n) is 5.40. The number of anilines is 1. The molecule has 2 fully saturated rings. The second kappa shape index (κ2) is 13.6. The average Bonchev–Trinajstić information content (AvgIpc) is 3.55. The van der Waals surface area contributed by atoms with Gasteiger partial charge in [0, 0.05) is 5.02 Å². The second-order valence-electron chi connectivity index (χ2n) is 11.2. The largest absolute Gasteiger partial charge is 0.479 e. The number of aromatic nitrogens is 4. The Morgan fingerprint density at radius 3 is 2.69 bits per heavy atom. The molecule has 2 aromatic heterocycles. The highest BCUT2D eigenvalue weighted by Gasteiger charge is 2.55. The number of imidazole rings is 1. The summed E-state index contributed by atoms with van der Waals surface area (Å²) >= 11 is 6.00. The number of fused-ring (bicyclic) bond motifs is 1. The number of nitrogens with zero attached hydrogens (tertiary/aromatic N) is 5. The van der Waals surface area contributed by atoms with Crippen molar-refractivity contribution in [3.8, 4) is 11.6 Å². The summed E-state index contributed by atoms with van der Waals surface area (Å²) in [5.74, 6) is -0.321. The van der Waals surface area contributed by atoms with Gasteiger partial charge >= 0.3 is 13.7 Å². The number of aliphatic hydroxyl groups is 1. The molecule has 4 N–H and O–H groups in total. The number of nitrogens with two attached hydrogens (primary N) is 1. The van der Waals surface area contributed by atoms with Gasteiger partial charge in [-0.2, -0.15) is 15.1 Å². The minimum Gasteiger partial charge on any atom is -0.479 e. The number of hydrogen-bond donors (Lipinski definition) is 3. The van der Waals surface area contributed by atoms with Crippen LogP contribution < -0.4 is 20.1 Å². The number of hydrogen-bond acceptors (Lipinski definition) is 13. The number of esters is 1. The molecular weight excluding hydrogens is 629 g/mol. The monoisotopic (exact) mass is 665 g/mol. The second-order valence-corrected chi connectivity index (χ2v) is 13.3. The molecule has 17 heteroatoms. The standard InChI is InChI=1S/C28H37ClN7O8P/c1-16(25(38)42-18-8-6-5-7-9-18)35-45(39,44-19-12-10-17(29)11-13-19)41-14-20-22(37)28(2,31-3)26(43-20)36-15-32-21-23(36)33-27(30)34-24(21)40-4/h10-13,15-16,18,20,22,26,37H,3,5-9,14H2,1-2,4H3,(H,35,39)(H2,30,33,34)/t16-,20+,22+,26+,28+,45?/m0/s1. The van der Waals surface area contributed by atoms with Crippen LogP contribution in [0, 0.1) is 0 Å². The smallest absolute Gasteiger partial charge is 0.459 e. The minimum absolute atomic E-state index is 0.0599. The molecule has 15 nitrogen and oxygen atoms in total. The summed E-state index contributed by atoms with van der Waals surface area (Å²) in [7, 11) is -2.86. The van der Waals surface area contributed by atoms with Crippen LogP contribution >= 0.6 is 19.3 Å². The Bertz CT molecular complexity index is 1570. The van der Waals surface area contributed by atoms with Crippen LogP contribution in [0.1, 0.15) is 52.2 Å². The van der Waals surface area contributed by atoms with Gasteiger partial charge in [-0.1, -0.05) is 18.0 Å². The molecule has 1 unspecified atom stereocenters. The zero-order valence-electron chi connectivity index (χ0n) is 25.2. The summed E-state index contributed by atoms with van der Waals surface area (Å²) in [6.07, 6.45) is 2.48. The van der Waals surface area contributed by atoms with Gasteiger partial charge in [-0.05, 0) is 70.5 Å². The summed E-state index contributed by atoms with van der Waals surface area (Å²) in [6, 6.07) is 5.07. The van der Waals surface area contributed by atoms with Crippen LogP contribution in [0.5, 0.6) is 11.6 Å². The van der Waals surface area contributed by atoms with Crippen molar-refractivity contribution >= 4 is 49.1 Å². The third-order valence-corrected chi connectivity index (χ3v) is 9.83. The van der Waals surface area contributed by atoms with Gasteiger partial charge in [-0.25, -0.2) is 9.55 Å². The topological polar surface area (TPSA) is 195 Å². The Morgan fingerprint density at radius 1 is 1.31 bits per heavy atom. The molecule has 5 rings (SSSR count). The van der Waals surface area contributed by atoms with E-state index in [0.717, 1.165) is 32.1 Å². The van der Waals surface area contributed by atoms with Crippen molar-refractivity contribution in [1.29, 1.82) is 0 Å². The van der Waals surface area contributed by atoms with Crippen LogP contribution in [-0.4, -0.2) is 80.9 Å². The lowest BCUT2D eigenvalue weighted by Gasteiger charge is -2.29. The van der Waals surface area contributed by atoms with Gasteiger partial charge in [-0.15, -0.1) is 0 Å². The van der Waals surface area contributed by atoms with Crippen molar-refractivity contribution in [1.82, 2.24) is 24.6 Å². The first-order chi connectivity index (χ1) is 21.5. The van der Waals surface area contributed by atoms with E-state index >= 15 is 0 Å². The SMILES string of the molecule is C=N[C@]1(C)[C@H](O)[C@@H](COP(=O)(N[C@@H](C)C(=O)OC2CCCCC2)Oc2ccc(Cl)cc2)O[C@H]1n1cnc2c(OC)nc(N)nc21. The Morgan fingerprint density at radius 2 is 2.02 bits per heavy atom. The molecule has 3 aromatic rings. The average molecular weight is 666 g/mol. The fraction of sp³-hybridized carbons (Fsp3) is 0.536. The zero-order valence-corrected chi connectivity index (χ0v) is 26.8. The first-order valence-electron chi connectivity index (χ1n) is 14.5. The number of benzene rings is 1. The van der Waals surface area contributed by atoms with Gasteiger partial charge in [0.2, 0.25) is 11.8 Å². The molecule has 1 aliphatic heterocycles. The number of methoxy groups -OCH3 is 1. The van der Waals surface area contributed by atoms with Crippen LogP contribution in [0.15, 0.2) is 35.6 Å². The van der Waals surface area contributed by atoms with E-state index in [4.69, 9.17) is 40.6 Å². The summed E-state index contributed by atoms with van der Waals surface area (Å²) in [4.78, 5) is 29.7. The molecule has 45 heavy (non-hydrogen) atoms. The predicted octanol–water partition coefficient (Wildman–Crippen LogP) is 3.85. The molecule has 6 atom stereocenters. The van der Waals surface area contributed by atoms with E-state index in [2.05, 4.69) is 31.7 Å². The summed E-state index contributed by atoms with van der Waals surface area (Å²) in [6.45, 7) is 6.38. The Balaban J connectivity index is 1.36. The summed E-state index contributed by atoms with van der Waals surface area (Å²) in [5, 5.41) is 14.5. The Labute approximate surface area is 265 Å². The van der Waals surface area contributed by atoms with Crippen molar-refractivity contribution in [2.75, 3.05) is 19.5 Å². The number of aliphatic hydroxyl groups excluding tert-OH is 1. The predicted molar refractivity (Wildman–Crippen MR) is 165 cm³/mol. The number of nitrogen functional groups attached to an aromatic ring is 1. The van der Waals surface area contributed by atoms with E-state index < -0.39 is 50.3 Å². The lowest BCUT2D eigenvalue weighted by molar-refractivity contribution is -0.152. The van der Waals surface area contributed by atoms with E-state index in [1.54, 1.807) is 19.1 Å². The normalized spacial score (nSPS) is 25.8. The summed E-state index contributed by atoms with van der Waals surface area (Å²) in [5.41, 5.74) is 5.14. The molecule has 0 spiro atoms.